The number of phenolic OH excluding ortho intramolecular Hbond substituents is 3. The predicted octanol–water partition coefficient (Wildman–Crippen LogP) is 0.290. The number of rotatable bonds is 7. The average molecular weight is 257 g/mol. The van der Waals surface area contributed by atoms with Crippen molar-refractivity contribution in [2.45, 2.75) is 19.0 Å². The summed E-state index contributed by atoms with van der Waals surface area (Å²) in [5.74, 6) is -1.23. The smallest absolute Gasteiger partial charge is 0.200 e. The number of aromatic hydroxyl groups is 3. The molecule has 5 N–H and O–H groups in total. The Balaban J connectivity index is 2.64. The minimum atomic E-state index is -0.528. The van der Waals surface area contributed by atoms with Crippen LogP contribution in [0.25, 0.3) is 0 Å². The van der Waals surface area contributed by atoms with Gasteiger partial charge in [0.2, 0.25) is 5.75 Å². The second-order valence-corrected chi connectivity index (χ2v) is 3.99. The highest BCUT2D eigenvalue weighted by atomic mass is 16.5. The maximum Gasteiger partial charge on any atom is 0.200 e. The van der Waals surface area contributed by atoms with E-state index in [1.807, 2.05) is 0 Å². The van der Waals surface area contributed by atoms with Crippen LogP contribution in [-0.4, -0.2) is 46.8 Å². The summed E-state index contributed by atoms with van der Waals surface area (Å²) in [6.45, 7) is 0.771. The highest BCUT2D eigenvalue weighted by Gasteiger charge is 2.13. The zero-order valence-corrected chi connectivity index (χ0v) is 10.3. The average Bonchev–Trinajstić information content (AvgIpc) is 2.35. The van der Waals surface area contributed by atoms with E-state index in [0.29, 0.717) is 25.1 Å². The van der Waals surface area contributed by atoms with Crippen molar-refractivity contribution in [3.8, 4) is 17.2 Å². The van der Waals surface area contributed by atoms with Gasteiger partial charge in [-0.3, -0.25) is 0 Å². The first kappa shape index (κ1) is 14.6. The Kier molecular flexibility index (Phi) is 5.70. The van der Waals surface area contributed by atoms with E-state index in [0.717, 1.165) is 0 Å². The van der Waals surface area contributed by atoms with Crippen molar-refractivity contribution in [2.24, 2.45) is 0 Å². The largest absolute Gasteiger partial charge is 0.504 e. The Labute approximate surface area is 105 Å². The number of methoxy groups -OCH3 is 1. The number of benzene rings is 1. The summed E-state index contributed by atoms with van der Waals surface area (Å²) in [6.07, 6.45) is 0.526. The lowest BCUT2D eigenvalue weighted by atomic mass is 10.1. The van der Waals surface area contributed by atoms with E-state index in [4.69, 9.17) is 9.84 Å². The van der Waals surface area contributed by atoms with Crippen LogP contribution < -0.4 is 5.32 Å². The molecule has 0 spiro atoms. The summed E-state index contributed by atoms with van der Waals surface area (Å²) >= 11 is 0. The van der Waals surface area contributed by atoms with Crippen LogP contribution in [0.4, 0.5) is 0 Å². The zero-order chi connectivity index (χ0) is 13.5. The van der Waals surface area contributed by atoms with Gasteiger partial charge in [-0.25, -0.2) is 0 Å². The van der Waals surface area contributed by atoms with Crippen LogP contribution in [0.2, 0.25) is 0 Å². The SMILES string of the molecule is COCC(CCO)NCc1ccc(O)c(O)c1O. The second-order valence-electron chi connectivity index (χ2n) is 3.99. The van der Waals surface area contributed by atoms with Crippen molar-refractivity contribution in [1.29, 1.82) is 0 Å². The van der Waals surface area contributed by atoms with Crippen molar-refractivity contribution >= 4 is 0 Å². The normalized spacial score (nSPS) is 12.6. The fourth-order valence-corrected chi connectivity index (χ4v) is 1.61. The summed E-state index contributed by atoms with van der Waals surface area (Å²) < 4.78 is 4.99. The predicted molar refractivity (Wildman–Crippen MR) is 65.6 cm³/mol. The van der Waals surface area contributed by atoms with Crippen molar-refractivity contribution < 1.29 is 25.2 Å². The molecule has 0 fully saturated rings. The number of nitrogens with one attached hydrogen (secondary N) is 1. The topological polar surface area (TPSA) is 102 Å². The third kappa shape index (κ3) is 3.76. The molecule has 102 valence electrons. The molecule has 0 saturated heterocycles. The van der Waals surface area contributed by atoms with Crippen molar-refractivity contribution in [2.75, 3.05) is 20.3 Å². The molecule has 6 heteroatoms. The van der Waals surface area contributed by atoms with Crippen molar-refractivity contribution in [1.82, 2.24) is 5.32 Å². The van der Waals surface area contributed by atoms with Gasteiger partial charge in [0, 0.05) is 31.9 Å². The molecule has 6 nitrogen and oxygen atoms in total. The molecule has 18 heavy (non-hydrogen) atoms. The molecule has 0 amide bonds. The molecule has 0 aromatic heterocycles. The summed E-state index contributed by atoms with van der Waals surface area (Å²) in [6, 6.07) is 2.78. The lowest BCUT2D eigenvalue weighted by molar-refractivity contribution is 0.148. The van der Waals surface area contributed by atoms with E-state index >= 15 is 0 Å². The van der Waals surface area contributed by atoms with Crippen molar-refractivity contribution in [3.63, 3.8) is 0 Å². The fraction of sp³-hybridized carbons (Fsp3) is 0.500. The quantitative estimate of drug-likeness (QED) is 0.450. The summed E-state index contributed by atoms with van der Waals surface area (Å²) in [7, 11) is 1.57. The number of hydrogen-bond acceptors (Lipinski definition) is 6. The van der Waals surface area contributed by atoms with Crippen LogP contribution in [0.15, 0.2) is 12.1 Å². The second kappa shape index (κ2) is 7.05. The van der Waals surface area contributed by atoms with Crippen LogP contribution in [0.5, 0.6) is 17.2 Å². The highest BCUT2D eigenvalue weighted by molar-refractivity contribution is 5.52. The Morgan fingerprint density at radius 3 is 2.56 bits per heavy atom. The molecular weight excluding hydrogens is 238 g/mol. The molecule has 1 aromatic carbocycles. The van der Waals surface area contributed by atoms with E-state index in [9.17, 15) is 15.3 Å². The first-order chi connectivity index (χ1) is 8.60. The van der Waals surface area contributed by atoms with Gasteiger partial charge in [0.05, 0.1) is 6.61 Å². The van der Waals surface area contributed by atoms with Gasteiger partial charge >= 0.3 is 0 Å². The molecule has 1 rings (SSSR count). The summed E-state index contributed by atoms with van der Waals surface area (Å²) in [5.41, 5.74) is 0.462. The van der Waals surface area contributed by atoms with Crippen LogP contribution in [-0.2, 0) is 11.3 Å². The number of phenols is 3. The lowest BCUT2D eigenvalue weighted by Crippen LogP contribution is -2.33. The lowest BCUT2D eigenvalue weighted by Gasteiger charge is -2.17. The molecular formula is C12H19NO5. The number of ether oxygens (including phenoxy) is 1. The maximum atomic E-state index is 9.62. The zero-order valence-electron chi connectivity index (χ0n) is 10.3. The molecule has 0 saturated carbocycles. The summed E-state index contributed by atoms with van der Waals surface area (Å²) in [4.78, 5) is 0. The van der Waals surface area contributed by atoms with E-state index in [1.165, 1.54) is 12.1 Å². The van der Waals surface area contributed by atoms with Crippen LogP contribution >= 0.6 is 0 Å². The van der Waals surface area contributed by atoms with Crippen molar-refractivity contribution in [3.05, 3.63) is 17.7 Å². The Morgan fingerprint density at radius 2 is 1.94 bits per heavy atom. The van der Waals surface area contributed by atoms with E-state index < -0.39 is 5.75 Å². The van der Waals surface area contributed by atoms with E-state index in [2.05, 4.69) is 5.32 Å². The molecule has 1 atom stereocenters. The van der Waals surface area contributed by atoms with Crippen LogP contribution in [0.3, 0.4) is 0 Å². The van der Waals surface area contributed by atoms with Crippen LogP contribution in [0.1, 0.15) is 12.0 Å². The van der Waals surface area contributed by atoms with Gasteiger partial charge in [0.15, 0.2) is 11.5 Å². The van der Waals surface area contributed by atoms with Crippen LogP contribution in [0, 0.1) is 0 Å². The molecule has 0 bridgehead atoms. The monoisotopic (exact) mass is 257 g/mol. The van der Waals surface area contributed by atoms with Gasteiger partial charge in [0.1, 0.15) is 0 Å². The number of aliphatic hydroxyl groups is 1. The van der Waals surface area contributed by atoms with Gasteiger partial charge in [0.25, 0.3) is 0 Å². The Morgan fingerprint density at radius 1 is 1.22 bits per heavy atom. The molecule has 0 radical (unpaired) electrons. The Hall–Kier alpha value is -1.50. The summed E-state index contributed by atoms with van der Waals surface area (Å²) in [5, 5.41) is 40.1. The van der Waals surface area contributed by atoms with Gasteiger partial charge in [-0.05, 0) is 12.5 Å². The number of aliphatic hydroxyl groups excluding tert-OH is 1. The minimum absolute atomic E-state index is 0.0356. The molecule has 1 unspecified atom stereocenters. The van der Waals surface area contributed by atoms with Gasteiger partial charge in [-0.15, -0.1) is 0 Å². The van der Waals surface area contributed by atoms with E-state index in [-0.39, 0.29) is 24.1 Å². The first-order valence-corrected chi connectivity index (χ1v) is 5.66. The number of hydrogen-bond donors (Lipinski definition) is 5. The van der Waals surface area contributed by atoms with E-state index in [1.54, 1.807) is 7.11 Å². The molecule has 0 heterocycles. The fourth-order valence-electron chi connectivity index (χ4n) is 1.61. The highest BCUT2D eigenvalue weighted by Crippen LogP contribution is 2.36. The standard InChI is InChI=1S/C12H19NO5/c1-18-7-9(4-5-14)13-6-8-2-3-10(15)12(17)11(8)16/h2-3,9,13-17H,4-7H2,1H3. The van der Waals surface area contributed by atoms with Gasteiger partial charge < -0.3 is 30.5 Å². The maximum absolute atomic E-state index is 9.62. The third-order valence-electron chi connectivity index (χ3n) is 2.64. The minimum Gasteiger partial charge on any atom is -0.504 e. The van der Waals surface area contributed by atoms with Gasteiger partial charge in [-0.2, -0.15) is 0 Å². The Bertz CT molecular complexity index is 377. The van der Waals surface area contributed by atoms with Gasteiger partial charge in [-0.1, -0.05) is 6.07 Å². The molecule has 1 aromatic rings. The molecule has 0 aliphatic heterocycles. The molecule has 0 aliphatic rings. The molecule has 0 aliphatic carbocycles. The first-order valence-electron chi connectivity index (χ1n) is 5.66. The third-order valence-corrected chi connectivity index (χ3v) is 2.64.